The van der Waals surface area contributed by atoms with Gasteiger partial charge in [0.15, 0.2) is 11.7 Å². The number of anilines is 1. The Morgan fingerprint density at radius 1 is 1.33 bits per heavy atom. The molecule has 2 heterocycles. The maximum Gasteiger partial charge on any atom is 0.345 e. The van der Waals surface area contributed by atoms with Gasteiger partial charge in [0.25, 0.3) is 0 Å². The summed E-state index contributed by atoms with van der Waals surface area (Å²) in [6, 6.07) is 0. The summed E-state index contributed by atoms with van der Waals surface area (Å²) in [6.45, 7) is 3.91. The Bertz CT molecular complexity index is 609. The molecule has 0 saturated carbocycles. The number of nitrogens with two attached hydrogens (primary N) is 1. The van der Waals surface area contributed by atoms with Crippen molar-refractivity contribution in [2.24, 2.45) is 10.1 Å². The van der Waals surface area contributed by atoms with Gasteiger partial charge in [-0.2, -0.15) is 8.42 Å². The quantitative estimate of drug-likeness (QED) is 0.830. The smallest absolute Gasteiger partial charge is 0.345 e. The number of fused-ring (bicyclic) bond motifs is 1. The molecule has 0 fully saturated rings. The summed E-state index contributed by atoms with van der Waals surface area (Å²) in [5.41, 5.74) is 7.40. The first-order valence-electron chi connectivity index (χ1n) is 5.69. The molecule has 0 spiro atoms. The molecule has 1 aliphatic rings. The second-order valence-corrected chi connectivity index (χ2v) is 5.45. The fourth-order valence-corrected chi connectivity index (χ4v) is 2.48. The molecular weight excluding hydrogens is 254 g/mol. The van der Waals surface area contributed by atoms with Crippen LogP contribution in [0.15, 0.2) is 4.40 Å². The van der Waals surface area contributed by atoms with Crippen molar-refractivity contribution in [3.63, 3.8) is 0 Å². The van der Waals surface area contributed by atoms with Crippen LogP contribution >= 0.6 is 0 Å². The van der Waals surface area contributed by atoms with E-state index >= 15 is 0 Å². The van der Waals surface area contributed by atoms with Crippen LogP contribution in [-0.4, -0.2) is 24.2 Å². The Morgan fingerprint density at radius 2 is 2.06 bits per heavy atom. The fourth-order valence-electron chi connectivity index (χ4n) is 1.70. The van der Waals surface area contributed by atoms with Crippen LogP contribution in [0.25, 0.3) is 0 Å². The normalized spacial score (nSPS) is 16.7. The van der Waals surface area contributed by atoms with Crippen LogP contribution in [0.1, 0.15) is 36.8 Å². The summed E-state index contributed by atoms with van der Waals surface area (Å²) < 4.78 is 28.4. The first kappa shape index (κ1) is 12.7. The summed E-state index contributed by atoms with van der Waals surface area (Å²) >= 11 is 0. The number of nitrogens with zero attached hydrogens (tertiary/aromatic N) is 3. The summed E-state index contributed by atoms with van der Waals surface area (Å²) in [5.74, 6) is 0.0422. The van der Waals surface area contributed by atoms with Crippen molar-refractivity contribution in [2.45, 2.75) is 33.1 Å². The first-order chi connectivity index (χ1) is 8.43. The number of unbranched alkanes of at least 4 members (excludes halogenated alkanes) is 1. The number of amidine groups is 1. The molecule has 0 amide bonds. The van der Waals surface area contributed by atoms with Crippen LogP contribution in [0, 0.1) is 6.92 Å². The van der Waals surface area contributed by atoms with Crippen molar-refractivity contribution in [1.82, 2.24) is 9.97 Å². The summed E-state index contributed by atoms with van der Waals surface area (Å²) in [5, 5.41) is 0. The van der Waals surface area contributed by atoms with Gasteiger partial charge in [-0.25, -0.2) is 14.7 Å². The largest absolute Gasteiger partial charge is 0.381 e. The third-order valence-electron chi connectivity index (χ3n) is 2.62. The van der Waals surface area contributed by atoms with Crippen LogP contribution in [0.2, 0.25) is 0 Å². The van der Waals surface area contributed by atoms with Gasteiger partial charge < -0.3 is 5.73 Å². The molecule has 0 aromatic carbocycles. The standard InChI is InChI=1S/C10H15N5O2S/c1-3-4-5-7-6(2)12-8-9(11)14-18(16,17)15-10(8)13-7/h3-5H2,1-2H3,(H2,11,14)(H,13,15). The van der Waals surface area contributed by atoms with Gasteiger partial charge in [0.1, 0.15) is 5.69 Å². The molecule has 2 rings (SSSR count). The average molecular weight is 269 g/mol. The Morgan fingerprint density at radius 3 is 2.72 bits per heavy atom. The molecule has 18 heavy (non-hydrogen) atoms. The molecule has 8 heteroatoms. The van der Waals surface area contributed by atoms with Crippen molar-refractivity contribution < 1.29 is 8.42 Å². The molecule has 0 radical (unpaired) electrons. The van der Waals surface area contributed by atoms with Crippen molar-refractivity contribution in [3.8, 4) is 0 Å². The van der Waals surface area contributed by atoms with E-state index in [9.17, 15) is 8.42 Å². The molecule has 0 aliphatic carbocycles. The number of hydrogen-bond donors (Lipinski definition) is 2. The minimum absolute atomic E-state index is 0.124. The van der Waals surface area contributed by atoms with E-state index in [2.05, 4.69) is 26.0 Å². The van der Waals surface area contributed by atoms with Crippen LogP contribution in [0.5, 0.6) is 0 Å². The van der Waals surface area contributed by atoms with Crippen molar-refractivity contribution in [1.29, 1.82) is 0 Å². The van der Waals surface area contributed by atoms with E-state index in [0.717, 1.165) is 30.7 Å². The molecule has 1 aromatic rings. The zero-order chi connectivity index (χ0) is 13.3. The van der Waals surface area contributed by atoms with Crippen molar-refractivity contribution >= 4 is 21.9 Å². The van der Waals surface area contributed by atoms with Gasteiger partial charge >= 0.3 is 10.2 Å². The van der Waals surface area contributed by atoms with E-state index in [1.807, 2.05) is 6.92 Å². The van der Waals surface area contributed by atoms with E-state index in [0.29, 0.717) is 5.69 Å². The van der Waals surface area contributed by atoms with Gasteiger partial charge in [-0.1, -0.05) is 13.3 Å². The summed E-state index contributed by atoms with van der Waals surface area (Å²) in [4.78, 5) is 8.55. The zero-order valence-corrected chi connectivity index (χ0v) is 11.1. The lowest BCUT2D eigenvalue weighted by atomic mass is 10.1. The van der Waals surface area contributed by atoms with E-state index < -0.39 is 10.2 Å². The molecule has 3 N–H and O–H groups in total. The molecule has 0 saturated heterocycles. The highest BCUT2D eigenvalue weighted by atomic mass is 32.2. The highest BCUT2D eigenvalue weighted by Gasteiger charge is 2.24. The maximum atomic E-state index is 11.4. The highest BCUT2D eigenvalue weighted by Crippen LogP contribution is 2.20. The van der Waals surface area contributed by atoms with Crippen molar-refractivity contribution in [2.75, 3.05) is 4.72 Å². The number of nitrogens with one attached hydrogen (secondary N) is 1. The molecule has 98 valence electrons. The zero-order valence-electron chi connectivity index (χ0n) is 10.3. The molecule has 0 atom stereocenters. The molecular formula is C10H15N5O2S. The molecule has 0 bridgehead atoms. The van der Waals surface area contributed by atoms with Crippen molar-refractivity contribution in [3.05, 3.63) is 17.1 Å². The lowest BCUT2D eigenvalue weighted by molar-refractivity contribution is 0.602. The number of aromatic nitrogens is 2. The van der Waals surface area contributed by atoms with Gasteiger partial charge in [0, 0.05) is 0 Å². The predicted octanol–water partition coefficient (Wildman–Crippen LogP) is 0.503. The molecule has 1 aromatic heterocycles. The molecule has 7 nitrogen and oxygen atoms in total. The van der Waals surface area contributed by atoms with E-state index in [1.165, 1.54) is 0 Å². The SMILES string of the molecule is CCCCc1nc2c(nc1C)C(N)=NS(=O)(=O)N2. The van der Waals surface area contributed by atoms with Crippen LogP contribution in [0.4, 0.5) is 5.82 Å². The first-order valence-corrected chi connectivity index (χ1v) is 7.13. The third kappa shape index (κ3) is 2.42. The van der Waals surface area contributed by atoms with Crippen LogP contribution in [0.3, 0.4) is 0 Å². The van der Waals surface area contributed by atoms with Gasteiger partial charge in [0.2, 0.25) is 0 Å². The van der Waals surface area contributed by atoms with Gasteiger partial charge in [0.05, 0.1) is 11.4 Å². The van der Waals surface area contributed by atoms with Gasteiger partial charge in [-0.15, -0.1) is 4.40 Å². The van der Waals surface area contributed by atoms with Crippen LogP contribution in [-0.2, 0) is 16.6 Å². The fraction of sp³-hybridized carbons (Fsp3) is 0.500. The Labute approximate surface area is 106 Å². The number of hydrogen-bond acceptors (Lipinski definition) is 5. The van der Waals surface area contributed by atoms with E-state index in [4.69, 9.17) is 5.73 Å². The Hall–Kier alpha value is -1.70. The van der Waals surface area contributed by atoms with Crippen LogP contribution < -0.4 is 10.5 Å². The topological polar surface area (TPSA) is 110 Å². The lowest BCUT2D eigenvalue weighted by Gasteiger charge is -2.16. The third-order valence-corrected chi connectivity index (χ3v) is 3.51. The second kappa shape index (κ2) is 4.52. The number of rotatable bonds is 3. The van der Waals surface area contributed by atoms with E-state index in [-0.39, 0.29) is 11.7 Å². The number of aryl methyl sites for hydroxylation is 2. The van der Waals surface area contributed by atoms with Gasteiger partial charge in [-0.05, 0) is 19.8 Å². The summed E-state index contributed by atoms with van der Waals surface area (Å²) in [7, 11) is -3.78. The average Bonchev–Trinajstić information content (AvgIpc) is 2.26. The minimum atomic E-state index is -3.78. The predicted molar refractivity (Wildman–Crippen MR) is 68.6 cm³/mol. The molecule has 1 aliphatic heterocycles. The minimum Gasteiger partial charge on any atom is -0.381 e. The monoisotopic (exact) mass is 269 g/mol. The maximum absolute atomic E-state index is 11.4. The highest BCUT2D eigenvalue weighted by molar-refractivity contribution is 7.91. The second-order valence-electron chi connectivity index (χ2n) is 4.11. The Kier molecular flexibility index (Phi) is 3.20. The lowest BCUT2D eigenvalue weighted by Crippen LogP contribution is -2.29. The Balaban J connectivity index is 2.47. The molecule has 0 unspecified atom stereocenters. The summed E-state index contributed by atoms with van der Waals surface area (Å²) in [6.07, 6.45) is 2.78. The van der Waals surface area contributed by atoms with E-state index in [1.54, 1.807) is 0 Å². The van der Waals surface area contributed by atoms with Gasteiger partial charge in [-0.3, -0.25) is 0 Å².